The van der Waals surface area contributed by atoms with E-state index in [0.29, 0.717) is 15.1 Å². The first kappa shape index (κ1) is 13.5. The molecule has 1 rings (SSSR count). The lowest BCUT2D eigenvalue weighted by Gasteiger charge is -2.15. The fraction of sp³-hybridized carbons (Fsp3) is 0.400. The van der Waals surface area contributed by atoms with E-state index in [1.807, 2.05) is 0 Å². The molecule has 0 aromatic heterocycles. The molecule has 0 aliphatic heterocycles. The van der Waals surface area contributed by atoms with Crippen LogP contribution in [0.5, 0.6) is 0 Å². The predicted octanol–water partition coefficient (Wildman–Crippen LogP) is 3.22. The smallest absolute Gasteiger partial charge is 0.284 e. The van der Waals surface area contributed by atoms with Crippen LogP contribution in [0.15, 0.2) is 27.6 Å². The van der Waals surface area contributed by atoms with Gasteiger partial charge in [-0.05, 0) is 26.0 Å². The molecule has 0 fully saturated rings. The molecule has 1 N–H and O–H groups in total. The van der Waals surface area contributed by atoms with E-state index in [1.54, 1.807) is 26.0 Å². The second kappa shape index (κ2) is 5.16. The normalized spacial score (nSPS) is 11.5. The Morgan fingerprint density at radius 2 is 2.19 bits per heavy atom. The van der Waals surface area contributed by atoms with Crippen molar-refractivity contribution in [3.8, 4) is 0 Å². The summed E-state index contributed by atoms with van der Waals surface area (Å²) in [6.45, 7) is 3.34. The lowest BCUT2D eigenvalue weighted by Crippen LogP contribution is -2.21. The zero-order valence-corrected chi connectivity index (χ0v) is 11.3. The highest BCUT2D eigenvalue weighted by atomic mass is 79.9. The van der Waals surface area contributed by atoms with Crippen LogP contribution >= 0.6 is 27.7 Å². The van der Waals surface area contributed by atoms with Gasteiger partial charge in [-0.15, -0.1) is 11.8 Å². The molecule has 0 heterocycles. The van der Waals surface area contributed by atoms with E-state index in [0.717, 1.165) is 0 Å². The fourth-order valence-electron chi connectivity index (χ4n) is 1.01. The van der Waals surface area contributed by atoms with Crippen LogP contribution < -0.4 is 0 Å². The minimum absolute atomic E-state index is 0.0589. The topological polar surface area (TPSA) is 63.4 Å². The van der Waals surface area contributed by atoms with Gasteiger partial charge >= 0.3 is 0 Å². The quantitative estimate of drug-likeness (QED) is 0.527. The van der Waals surface area contributed by atoms with Crippen LogP contribution in [0.1, 0.15) is 13.8 Å². The predicted molar refractivity (Wildman–Crippen MR) is 67.8 cm³/mol. The van der Waals surface area contributed by atoms with Crippen molar-refractivity contribution in [2.75, 3.05) is 5.75 Å². The van der Waals surface area contributed by atoms with E-state index in [1.165, 1.54) is 17.8 Å². The van der Waals surface area contributed by atoms with Crippen molar-refractivity contribution in [1.29, 1.82) is 0 Å². The molecule has 1 aromatic rings. The van der Waals surface area contributed by atoms with Gasteiger partial charge in [-0.3, -0.25) is 10.1 Å². The standard InChI is InChI=1S/C10H12BrNO3S/c1-10(2,13)6-16-9-4-3-7(11)5-8(9)12(14)15/h3-5,13H,6H2,1-2H3. The summed E-state index contributed by atoms with van der Waals surface area (Å²) in [6.07, 6.45) is 0. The molecule has 0 aliphatic rings. The van der Waals surface area contributed by atoms with Crippen LogP contribution in [-0.2, 0) is 0 Å². The van der Waals surface area contributed by atoms with Gasteiger partial charge in [-0.25, -0.2) is 0 Å². The van der Waals surface area contributed by atoms with Crippen LogP contribution in [0.3, 0.4) is 0 Å². The van der Waals surface area contributed by atoms with Gasteiger partial charge in [0.15, 0.2) is 0 Å². The first-order valence-electron chi connectivity index (χ1n) is 4.59. The van der Waals surface area contributed by atoms with Gasteiger partial charge in [0.2, 0.25) is 0 Å². The van der Waals surface area contributed by atoms with E-state index in [4.69, 9.17) is 0 Å². The maximum absolute atomic E-state index is 10.8. The number of halogens is 1. The number of hydrogen-bond donors (Lipinski definition) is 1. The lowest BCUT2D eigenvalue weighted by atomic mass is 10.2. The zero-order valence-electron chi connectivity index (χ0n) is 8.94. The van der Waals surface area contributed by atoms with E-state index >= 15 is 0 Å². The second-order valence-electron chi connectivity index (χ2n) is 3.97. The molecule has 88 valence electrons. The highest BCUT2D eigenvalue weighted by molar-refractivity contribution is 9.10. The minimum Gasteiger partial charge on any atom is -0.390 e. The van der Waals surface area contributed by atoms with Gasteiger partial charge in [0.05, 0.1) is 15.4 Å². The molecule has 0 radical (unpaired) electrons. The number of thioether (sulfide) groups is 1. The number of aliphatic hydroxyl groups is 1. The van der Waals surface area contributed by atoms with Gasteiger partial charge in [0.1, 0.15) is 0 Å². The largest absolute Gasteiger partial charge is 0.390 e. The zero-order chi connectivity index (χ0) is 12.3. The van der Waals surface area contributed by atoms with E-state index in [9.17, 15) is 15.2 Å². The Morgan fingerprint density at radius 1 is 1.56 bits per heavy atom. The van der Waals surface area contributed by atoms with Crippen LogP contribution in [0.25, 0.3) is 0 Å². The van der Waals surface area contributed by atoms with Crippen molar-refractivity contribution in [2.24, 2.45) is 0 Å². The molecular weight excluding hydrogens is 294 g/mol. The summed E-state index contributed by atoms with van der Waals surface area (Å²) in [5.74, 6) is 0.412. The van der Waals surface area contributed by atoms with Crippen molar-refractivity contribution < 1.29 is 10.0 Å². The Balaban J connectivity index is 2.91. The van der Waals surface area contributed by atoms with Gasteiger partial charge in [0.25, 0.3) is 5.69 Å². The molecule has 0 spiro atoms. The number of rotatable bonds is 4. The SMILES string of the molecule is CC(C)(O)CSc1ccc(Br)cc1[N+](=O)[O-]. The van der Waals surface area contributed by atoms with Crippen LogP contribution in [-0.4, -0.2) is 21.4 Å². The van der Waals surface area contributed by atoms with Crippen molar-refractivity contribution in [1.82, 2.24) is 0 Å². The summed E-state index contributed by atoms with van der Waals surface area (Å²) in [5.41, 5.74) is -0.783. The first-order valence-corrected chi connectivity index (χ1v) is 6.36. The van der Waals surface area contributed by atoms with Crippen LogP contribution in [0, 0.1) is 10.1 Å². The minimum atomic E-state index is -0.842. The van der Waals surface area contributed by atoms with Crippen molar-refractivity contribution >= 4 is 33.4 Å². The maximum atomic E-state index is 10.8. The monoisotopic (exact) mass is 305 g/mol. The van der Waals surface area contributed by atoms with Crippen molar-refractivity contribution in [3.05, 3.63) is 32.8 Å². The van der Waals surface area contributed by atoms with E-state index in [-0.39, 0.29) is 5.69 Å². The van der Waals surface area contributed by atoms with E-state index in [2.05, 4.69) is 15.9 Å². The first-order chi connectivity index (χ1) is 7.29. The number of benzene rings is 1. The molecule has 16 heavy (non-hydrogen) atoms. The molecule has 6 heteroatoms. The molecular formula is C10H12BrNO3S. The molecule has 0 saturated heterocycles. The second-order valence-corrected chi connectivity index (χ2v) is 5.90. The molecule has 0 bridgehead atoms. The molecule has 0 aliphatic carbocycles. The van der Waals surface area contributed by atoms with Crippen molar-refractivity contribution in [2.45, 2.75) is 24.3 Å². The fourth-order valence-corrected chi connectivity index (χ4v) is 2.31. The Morgan fingerprint density at radius 3 is 2.69 bits per heavy atom. The Bertz CT molecular complexity index is 404. The van der Waals surface area contributed by atoms with Gasteiger partial charge in [-0.1, -0.05) is 15.9 Å². The van der Waals surface area contributed by atoms with Gasteiger partial charge < -0.3 is 5.11 Å². The molecule has 0 saturated carbocycles. The third-order valence-corrected chi connectivity index (χ3v) is 3.70. The Hall–Kier alpha value is -0.590. The number of nitro groups is 1. The average molecular weight is 306 g/mol. The number of nitrogens with zero attached hydrogens (tertiary/aromatic N) is 1. The lowest BCUT2D eigenvalue weighted by molar-refractivity contribution is -0.387. The van der Waals surface area contributed by atoms with Gasteiger partial charge in [-0.2, -0.15) is 0 Å². The highest BCUT2D eigenvalue weighted by Crippen LogP contribution is 2.33. The molecule has 0 atom stereocenters. The molecule has 0 amide bonds. The Labute approximate surface area is 106 Å². The summed E-state index contributed by atoms with van der Waals surface area (Å²) in [6, 6.07) is 4.89. The van der Waals surface area contributed by atoms with E-state index < -0.39 is 10.5 Å². The highest BCUT2D eigenvalue weighted by Gasteiger charge is 2.18. The summed E-state index contributed by atoms with van der Waals surface area (Å²) < 4.78 is 0.673. The molecule has 4 nitrogen and oxygen atoms in total. The van der Waals surface area contributed by atoms with Crippen LogP contribution in [0.4, 0.5) is 5.69 Å². The summed E-state index contributed by atoms with van der Waals surface area (Å²) in [7, 11) is 0. The number of hydrogen-bond acceptors (Lipinski definition) is 4. The summed E-state index contributed by atoms with van der Waals surface area (Å²) in [5, 5.41) is 20.4. The summed E-state index contributed by atoms with van der Waals surface area (Å²) in [4.78, 5) is 11.0. The van der Waals surface area contributed by atoms with Crippen LogP contribution in [0.2, 0.25) is 0 Å². The molecule has 0 unspecified atom stereocenters. The summed E-state index contributed by atoms with van der Waals surface area (Å²) >= 11 is 4.47. The Kier molecular flexibility index (Phi) is 4.35. The molecule has 1 aromatic carbocycles. The van der Waals surface area contributed by atoms with Gasteiger partial charge in [0, 0.05) is 16.3 Å². The third-order valence-electron chi connectivity index (χ3n) is 1.70. The maximum Gasteiger partial charge on any atom is 0.284 e. The average Bonchev–Trinajstić information content (AvgIpc) is 2.14. The van der Waals surface area contributed by atoms with Crippen molar-refractivity contribution in [3.63, 3.8) is 0 Å². The third kappa shape index (κ3) is 4.11. The number of nitro benzene ring substituents is 1.